The molecule has 0 spiro atoms. The van der Waals surface area contributed by atoms with Crippen LogP contribution in [0.1, 0.15) is 50.8 Å². The number of carbonyl (C=O) groups excluding carboxylic acids is 1. The fourth-order valence-corrected chi connectivity index (χ4v) is 8.85. The topological polar surface area (TPSA) is 104 Å². The lowest BCUT2D eigenvalue weighted by molar-refractivity contribution is 0.0224. The molecule has 302 valence electrons. The Bertz CT molecular complexity index is 2390. The van der Waals surface area contributed by atoms with E-state index in [1.165, 1.54) is 13.2 Å². The van der Waals surface area contributed by atoms with E-state index in [4.69, 9.17) is 45.5 Å². The highest BCUT2D eigenvalue weighted by Crippen LogP contribution is 2.43. The Labute approximate surface area is 341 Å². The van der Waals surface area contributed by atoms with Gasteiger partial charge in [0, 0.05) is 76.0 Å². The van der Waals surface area contributed by atoms with E-state index in [0.29, 0.717) is 87.1 Å². The molecule has 0 unspecified atom stereocenters. The number of hydrogen-bond acceptors (Lipinski definition) is 9. The maximum absolute atomic E-state index is 14.4. The van der Waals surface area contributed by atoms with Crippen LogP contribution >= 0.6 is 23.4 Å². The fourth-order valence-electron chi connectivity index (χ4n) is 7.75. The number of ether oxygens (including phenoxy) is 5. The van der Waals surface area contributed by atoms with E-state index in [9.17, 15) is 9.18 Å². The minimum atomic E-state index is -0.428. The highest BCUT2D eigenvalue weighted by Gasteiger charge is 2.28. The maximum atomic E-state index is 14.4. The number of thioether (sulfide) groups is 1. The first kappa shape index (κ1) is 40.8. The minimum Gasteiger partial charge on any atom is -0.493 e. The number of esters is 1. The first-order chi connectivity index (χ1) is 27.7. The molecule has 0 N–H and O–H groups in total. The van der Waals surface area contributed by atoms with E-state index in [0.717, 1.165) is 79.5 Å². The van der Waals surface area contributed by atoms with Crippen molar-refractivity contribution >= 4 is 51.0 Å². The summed E-state index contributed by atoms with van der Waals surface area (Å²) in [5.74, 6) is 1.27. The van der Waals surface area contributed by atoms with E-state index in [2.05, 4.69) is 19.1 Å². The molecular formula is C43H49ClFN5O6S. The summed E-state index contributed by atoms with van der Waals surface area (Å²) in [5.41, 5.74) is 8.86. The predicted molar refractivity (Wildman–Crippen MR) is 222 cm³/mol. The Balaban J connectivity index is 1.28. The first-order valence-electron chi connectivity index (χ1n) is 19.2. The lowest BCUT2D eigenvalue weighted by Gasteiger charge is -2.14. The minimum absolute atomic E-state index is 0.292. The molecule has 1 aliphatic rings. The van der Waals surface area contributed by atoms with Gasteiger partial charge in [0.2, 0.25) is 0 Å². The number of carbonyl (C=O) groups is 1. The second-order valence-corrected chi connectivity index (χ2v) is 15.6. The highest BCUT2D eigenvalue weighted by atomic mass is 35.5. The zero-order chi connectivity index (χ0) is 40.1. The van der Waals surface area contributed by atoms with Crippen LogP contribution in [0, 0.1) is 19.7 Å². The quantitative estimate of drug-likeness (QED) is 0.0999. The molecule has 57 heavy (non-hydrogen) atoms. The van der Waals surface area contributed by atoms with Crippen molar-refractivity contribution in [1.82, 2.24) is 24.1 Å². The van der Waals surface area contributed by atoms with Crippen molar-refractivity contribution in [2.45, 2.75) is 57.7 Å². The Morgan fingerprint density at radius 3 is 2.56 bits per heavy atom. The SMILES string of the molecule is COCCOCCOCCn1nc2c(c1C)-c1c(Cl)ccc3c1c(C)c(C(=O)OC)n3CCCOc1cc(cc3cc(F)ccc13)CCc1cc(nn1C)CSC2. The molecule has 14 heteroatoms. The van der Waals surface area contributed by atoms with Crippen LogP contribution < -0.4 is 4.74 Å². The van der Waals surface area contributed by atoms with Gasteiger partial charge in [0.25, 0.3) is 0 Å². The molecule has 3 aromatic heterocycles. The third-order valence-corrected chi connectivity index (χ3v) is 11.8. The predicted octanol–water partition coefficient (Wildman–Crippen LogP) is 8.27. The molecule has 11 nitrogen and oxygen atoms in total. The van der Waals surface area contributed by atoms with Crippen molar-refractivity contribution < 1.29 is 32.9 Å². The molecule has 0 saturated carbocycles. The maximum Gasteiger partial charge on any atom is 0.354 e. The van der Waals surface area contributed by atoms with Crippen LogP contribution in [-0.2, 0) is 63.4 Å². The molecule has 1 aliphatic heterocycles. The van der Waals surface area contributed by atoms with Crippen LogP contribution in [0.5, 0.6) is 5.75 Å². The van der Waals surface area contributed by atoms with E-state index in [-0.39, 0.29) is 5.82 Å². The second kappa shape index (κ2) is 18.5. The number of nitrogens with zero attached hydrogens (tertiary/aromatic N) is 5. The fraction of sp³-hybridized carbons (Fsp3) is 0.419. The average molecular weight is 818 g/mol. The van der Waals surface area contributed by atoms with Gasteiger partial charge in [-0.05, 0) is 92.1 Å². The highest BCUT2D eigenvalue weighted by molar-refractivity contribution is 7.97. The number of fused-ring (bicyclic) bond motifs is 8. The van der Waals surface area contributed by atoms with Crippen LogP contribution in [0.15, 0.2) is 48.5 Å². The summed E-state index contributed by atoms with van der Waals surface area (Å²) >= 11 is 8.92. The third kappa shape index (κ3) is 8.87. The Hall–Kier alpha value is -4.40. The number of aromatic nitrogens is 5. The van der Waals surface area contributed by atoms with Crippen molar-refractivity contribution in [2.75, 3.05) is 53.9 Å². The van der Waals surface area contributed by atoms with Crippen molar-refractivity contribution in [3.8, 4) is 16.9 Å². The average Bonchev–Trinajstić information content (AvgIpc) is 3.81. The molecule has 6 aromatic rings. The molecule has 0 aliphatic carbocycles. The molecule has 0 radical (unpaired) electrons. The van der Waals surface area contributed by atoms with E-state index >= 15 is 0 Å². The first-order valence-corrected chi connectivity index (χ1v) is 20.8. The number of benzene rings is 3. The van der Waals surface area contributed by atoms with Crippen molar-refractivity contribution in [3.05, 3.63) is 99.0 Å². The number of methoxy groups -OCH3 is 2. The Morgan fingerprint density at radius 1 is 0.947 bits per heavy atom. The largest absolute Gasteiger partial charge is 0.493 e. The lowest BCUT2D eigenvalue weighted by atomic mass is 9.97. The van der Waals surface area contributed by atoms with E-state index in [1.54, 1.807) is 31.0 Å². The van der Waals surface area contributed by atoms with E-state index in [1.807, 2.05) is 46.1 Å². The summed E-state index contributed by atoms with van der Waals surface area (Å²) in [7, 11) is 5.02. The van der Waals surface area contributed by atoms with Gasteiger partial charge in [-0.3, -0.25) is 9.36 Å². The van der Waals surface area contributed by atoms with Gasteiger partial charge in [-0.25, -0.2) is 9.18 Å². The smallest absolute Gasteiger partial charge is 0.354 e. The van der Waals surface area contributed by atoms with Gasteiger partial charge in [0.05, 0.1) is 64.7 Å². The molecular weight excluding hydrogens is 769 g/mol. The van der Waals surface area contributed by atoms with Crippen molar-refractivity contribution in [1.29, 1.82) is 0 Å². The molecule has 7 rings (SSSR count). The standard InChI is InChI=1S/C43H49ClFN5O6S/c1-27-39-37-12-11-35(44)41(39)40-28(2)50(14-16-54-19-20-55-18-17-52-4)47-36(40)26-57-25-32-24-33(48(3)46-32)9-7-29-21-30-23-31(45)8-10-34(30)38(22-29)56-15-6-13-49(37)42(27)43(51)53-5/h8,10-12,21-24H,6-7,9,13-20,25-26H2,1-5H3. The van der Waals surface area contributed by atoms with Crippen LogP contribution in [0.3, 0.4) is 0 Å². The summed E-state index contributed by atoms with van der Waals surface area (Å²) in [6, 6.07) is 14.9. The van der Waals surface area contributed by atoms with Gasteiger partial charge in [-0.1, -0.05) is 17.7 Å². The molecule has 8 bridgehead atoms. The zero-order valence-electron chi connectivity index (χ0n) is 33.2. The van der Waals surface area contributed by atoms with Gasteiger partial charge in [0.15, 0.2) is 0 Å². The molecule has 0 saturated heterocycles. The number of hydrogen-bond donors (Lipinski definition) is 0. The van der Waals surface area contributed by atoms with Gasteiger partial charge in [-0.2, -0.15) is 10.2 Å². The third-order valence-electron chi connectivity index (χ3n) is 10.5. The lowest BCUT2D eigenvalue weighted by Crippen LogP contribution is -2.13. The van der Waals surface area contributed by atoms with Gasteiger partial charge in [-0.15, -0.1) is 11.8 Å². The van der Waals surface area contributed by atoms with Crippen LogP contribution in [0.2, 0.25) is 5.02 Å². The number of aryl methyl sites for hydroxylation is 5. The van der Waals surface area contributed by atoms with Gasteiger partial charge in [0.1, 0.15) is 17.3 Å². The summed E-state index contributed by atoms with van der Waals surface area (Å²) in [6.07, 6.45) is 2.09. The summed E-state index contributed by atoms with van der Waals surface area (Å²) in [6.45, 7) is 7.88. The summed E-state index contributed by atoms with van der Waals surface area (Å²) in [4.78, 5) is 13.5. The molecule has 4 heterocycles. The van der Waals surface area contributed by atoms with Gasteiger partial charge >= 0.3 is 5.97 Å². The molecule has 0 fully saturated rings. The summed E-state index contributed by atoms with van der Waals surface area (Å²) in [5, 5.41) is 13.1. The number of rotatable bonds is 10. The van der Waals surface area contributed by atoms with Gasteiger partial charge < -0.3 is 28.3 Å². The second-order valence-electron chi connectivity index (χ2n) is 14.2. The molecule has 3 aromatic carbocycles. The molecule has 0 amide bonds. The van der Waals surface area contributed by atoms with E-state index < -0.39 is 5.97 Å². The van der Waals surface area contributed by atoms with Crippen LogP contribution in [-0.4, -0.2) is 84.0 Å². The van der Waals surface area contributed by atoms with Crippen molar-refractivity contribution in [3.63, 3.8) is 0 Å². The Morgan fingerprint density at radius 2 is 1.75 bits per heavy atom. The normalized spacial score (nSPS) is 13.8. The zero-order valence-corrected chi connectivity index (χ0v) is 34.7. The van der Waals surface area contributed by atoms with Crippen LogP contribution in [0.25, 0.3) is 32.8 Å². The summed E-state index contributed by atoms with van der Waals surface area (Å²) < 4.78 is 48.7. The van der Waals surface area contributed by atoms with Crippen LogP contribution in [0.4, 0.5) is 4.39 Å². The van der Waals surface area contributed by atoms with Crippen molar-refractivity contribution in [2.24, 2.45) is 7.05 Å². The number of halogens is 2. The monoisotopic (exact) mass is 817 g/mol. The molecule has 0 atom stereocenters. The Kier molecular flexibility index (Phi) is 13.2.